The molecule has 0 unspecified atom stereocenters. The number of rotatable bonds is 9. The van der Waals surface area contributed by atoms with Gasteiger partial charge in [0.15, 0.2) is 34.8 Å². The standard InChI is InChI=1S/C24H22F4O4/c1-24(15-5-3-2-4-6-15,16-11-18(25)22(19(26)12-16)31-9-7-29)17-13-20(27)23(21(28)14-17)32-10-8-30/h2-6,11-14,29-30H,7-10H2,1H3. The SMILES string of the molecule is CC(c1ccccc1)(c1cc(F)c(OCCO)c(F)c1)c1cc(F)c(OCCO)c(F)c1. The van der Waals surface area contributed by atoms with Crippen molar-refractivity contribution in [2.24, 2.45) is 0 Å². The van der Waals surface area contributed by atoms with Gasteiger partial charge in [0.25, 0.3) is 0 Å². The Balaban J connectivity index is 2.20. The number of ether oxygens (including phenoxy) is 2. The van der Waals surface area contributed by atoms with E-state index in [4.69, 9.17) is 19.7 Å². The highest BCUT2D eigenvalue weighted by Gasteiger charge is 2.35. The Bertz CT molecular complexity index is 963. The van der Waals surface area contributed by atoms with Crippen molar-refractivity contribution in [1.82, 2.24) is 0 Å². The lowest BCUT2D eigenvalue weighted by molar-refractivity contribution is 0.190. The van der Waals surface area contributed by atoms with E-state index >= 15 is 0 Å². The van der Waals surface area contributed by atoms with Crippen LogP contribution in [0.5, 0.6) is 11.5 Å². The first kappa shape index (κ1) is 23.6. The highest BCUT2D eigenvalue weighted by atomic mass is 19.1. The summed E-state index contributed by atoms with van der Waals surface area (Å²) >= 11 is 0. The van der Waals surface area contributed by atoms with Gasteiger partial charge in [0, 0.05) is 5.41 Å². The summed E-state index contributed by atoms with van der Waals surface area (Å²) in [4.78, 5) is 0. The maximum atomic E-state index is 14.7. The van der Waals surface area contributed by atoms with Crippen LogP contribution in [0.2, 0.25) is 0 Å². The fourth-order valence-corrected chi connectivity index (χ4v) is 3.54. The summed E-state index contributed by atoms with van der Waals surface area (Å²) in [7, 11) is 0. The van der Waals surface area contributed by atoms with Crippen molar-refractivity contribution in [2.45, 2.75) is 12.3 Å². The molecule has 0 saturated carbocycles. The molecule has 0 aromatic heterocycles. The first-order valence-electron chi connectivity index (χ1n) is 9.84. The van der Waals surface area contributed by atoms with Crippen molar-refractivity contribution < 1.29 is 37.2 Å². The van der Waals surface area contributed by atoms with Crippen molar-refractivity contribution in [3.63, 3.8) is 0 Å². The van der Waals surface area contributed by atoms with Gasteiger partial charge in [0.2, 0.25) is 0 Å². The van der Waals surface area contributed by atoms with E-state index in [-0.39, 0.29) is 24.3 Å². The largest absolute Gasteiger partial charge is 0.485 e. The minimum atomic E-state index is -1.35. The van der Waals surface area contributed by atoms with Crippen molar-refractivity contribution >= 4 is 0 Å². The Hall–Kier alpha value is -3.10. The fourth-order valence-electron chi connectivity index (χ4n) is 3.54. The van der Waals surface area contributed by atoms with Crippen molar-refractivity contribution in [2.75, 3.05) is 26.4 Å². The van der Waals surface area contributed by atoms with Crippen molar-refractivity contribution in [3.05, 3.63) is 94.6 Å². The van der Waals surface area contributed by atoms with Crippen molar-refractivity contribution in [3.8, 4) is 11.5 Å². The number of aliphatic hydroxyl groups excluding tert-OH is 2. The molecular weight excluding hydrogens is 428 g/mol. The van der Waals surface area contributed by atoms with Crippen LogP contribution < -0.4 is 9.47 Å². The summed E-state index contributed by atoms with van der Waals surface area (Å²) in [6.07, 6.45) is 0. The monoisotopic (exact) mass is 450 g/mol. The molecule has 0 atom stereocenters. The third kappa shape index (κ3) is 4.56. The number of aliphatic hydroxyl groups is 2. The summed E-state index contributed by atoms with van der Waals surface area (Å²) < 4.78 is 68.7. The van der Waals surface area contributed by atoms with E-state index in [1.165, 1.54) is 0 Å². The summed E-state index contributed by atoms with van der Waals surface area (Å²) in [5, 5.41) is 17.7. The second-order valence-electron chi connectivity index (χ2n) is 7.17. The quantitative estimate of drug-likeness (QED) is 0.376. The van der Waals surface area contributed by atoms with Gasteiger partial charge < -0.3 is 19.7 Å². The van der Waals surface area contributed by atoms with Gasteiger partial charge in [-0.2, -0.15) is 0 Å². The Kier molecular flexibility index (Phi) is 7.37. The average molecular weight is 450 g/mol. The van der Waals surface area contributed by atoms with Crippen LogP contribution in [0.25, 0.3) is 0 Å². The van der Waals surface area contributed by atoms with E-state index in [1.807, 2.05) is 0 Å². The molecule has 4 nitrogen and oxygen atoms in total. The molecule has 0 amide bonds. The van der Waals surface area contributed by atoms with Gasteiger partial charge in [-0.15, -0.1) is 0 Å². The summed E-state index contributed by atoms with van der Waals surface area (Å²) in [5.41, 5.74) is -0.628. The van der Waals surface area contributed by atoms with E-state index < -0.39 is 53.4 Å². The predicted molar refractivity (Wildman–Crippen MR) is 110 cm³/mol. The lowest BCUT2D eigenvalue weighted by Crippen LogP contribution is -2.26. The van der Waals surface area contributed by atoms with Gasteiger partial charge in [-0.3, -0.25) is 0 Å². The van der Waals surface area contributed by atoms with Gasteiger partial charge in [0.1, 0.15) is 13.2 Å². The highest BCUT2D eigenvalue weighted by molar-refractivity contribution is 5.52. The first-order chi connectivity index (χ1) is 15.3. The highest BCUT2D eigenvalue weighted by Crippen LogP contribution is 2.42. The molecule has 3 aromatic carbocycles. The molecule has 0 spiro atoms. The zero-order valence-corrected chi connectivity index (χ0v) is 17.2. The molecule has 0 aliphatic carbocycles. The van der Waals surface area contributed by atoms with E-state index in [0.717, 1.165) is 24.3 Å². The van der Waals surface area contributed by atoms with Crippen LogP contribution in [0.4, 0.5) is 17.6 Å². The van der Waals surface area contributed by atoms with Gasteiger partial charge >= 0.3 is 0 Å². The Morgan fingerprint density at radius 2 is 1.03 bits per heavy atom. The van der Waals surface area contributed by atoms with Crippen LogP contribution >= 0.6 is 0 Å². The van der Waals surface area contributed by atoms with Gasteiger partial charge in [-0.25, -0.2) is 17.6 Å². The maximum absolute atomic E-state index is 14.7. The van der Waals surface area contributed by atoms with Crippen LogP contribution in [0.15, 0.2) is 54.6 Å². The number of hydrogen-bond acceptors (Lipinski definition) is 4. The van der Waals surface area contributed by atoms with Gasteiger partial charge in [-0.05, 0) is 47.9 Å². The summed E-state index contributed by atoms with van der Waals surface area (Å²) in [6.45, 7) is 0.147. The Morgan fingerprint density at radius 1 is 0.656 bits per heavy atom. The summed E-state index contributed by atoms with van der Waals surface area (Å²) in [5.74, 6) is -5.36. The number of hydrogen-bond donors (Lipinski definition) is 2. The molecule has 3 rings (SSSR count). The fraction of sp³-hybridized carbons (Fsp3) is 0.250. The van der Waals surface area contributed by atoms with Crippen LogP contribution in [0, 0.1) is 23.3 Å². The predicted octanol–water partition coefficient (Wildman–Crippen LogP) is 4.34. The van der Waals surface area contributed by atoms with E-state index in [1.54, 1.807) is 37.3 Å². The Labute approximate surface area is 182 Å². The van der Waals surface area contributed by atoms with E-state index in [0.29, 0.717) is 5.56 Å². The lowest BCUT2D eigenvalue weighted by Gasteiger charge is -2.32. The molecule has 0 radical (unpaired) electrons. The second kappa shape index (κ2) is 10.0. The van der Waals surface area contributed by atoms with Crippen LogP contribution in [-0.4, -0.2) is 36.6 Å². The molecule has 0 aliphatic heterocycles. The number of benzene rings is 3. The average Bonchev–Trinajstić information content (AvgIpc) is 2.78. The molecule has 0 fully saturated rings. The molecule has 0 heterocycles. The maximum Gasteiger partial charge on any atom is 0.190 e. The van der Waals surface area contributed by atoms with Crippen LogP contribution in [-0.2, 0) is 5.41 Å². The smallest absolute Gasteiger partial charge is 0.190 e. The Morgan fingerprint density at radius 3 is 1.38 bits per heavy atom. The molecule has 2 N–H and O–H groups in total. The van der Waals surface area contributed by atoms with Gasteiger partial charge in [-0.1, -0.05) is 30.3 Å². The normalized spacial score (nSPS) is 11.5. The molecular formula is C24H22F4O4. The molecule has 170 valence electrons. The summed E-state index contributed by atoms with van der Waals surface area (Å²) in [6, 6.07) is 12.6. The van der Waals surface area contributed by atoms with Crippen molar-refractivity contribution in [1.29, 1.82) is 0 Å². The molecule has 8 heteroatoms. The van der Waals surface area contributed by atoms with Crippen LogP contribution in [0.1, 0.15) is 23.6 Å². The van der Waals surface area contributed by atoms with Gasteiger partial charge in [0.05, 0.1) is 13.2 Å². The number of halogens is 4. The molecule has 3 aromatic rings. The third-order valence-corrected chi connectivity index (χ3v) is 5.18. The topological polar surface area (TPSA) is 58.9 Å². The minimum absolute atomic E-state index is 0.0953. The molecule has 32 heavy (non-hydrogen) atoms. The minimum Gasteiger partial charge on any atom is -0.485 e. The molecule has 0 saturated heterocycles. The van der Waals surface area contributed by atoms with Crippen LogP contribution in [0.3, 0.4) is 0 Å². The first-order valence-corrected chi connectivity index (χ1v) is 9.84. The second-order valence-corrected chi connectivity index (χ2v) is 7.17. The third-order valence-electron chi connectivity index (χ3n) is 5.18. The lowest BCUT2D eigenvalue weighted by atomic mass is 9.71. The van der Waals surface area contributed by atoms with E-state index in [2.05, 4.69) is 0 Å². The zero-order chi connectivity index (χ0) is 23.3. The molecule has 0 aliphatic rings. The van der Waals surface area contributed by atoms with E-state index in [9.17, 15) is 17.6 Å². The molecule has 0 bridgehead atoms. The zero-order valence-electron chi connectivity index (χ0n) is 17.2.